The summed E-state index contributed by atoms with van der Waals surface area (Å²) in [5, 5.41) is 8.66. The molecule has 0 spiro atoms. The van der Waals surface area contributed by atoms with Gasteiger partial charge >= 0.3 is 0 Å². The number of likely N-dealkylation sites (tertiary alicyclic amines) is 1. The first-order valence-electron chi connectivity index (χ1n) is 10.8. The number of carbonyl (C=O) groups excluding carboxylic acids is 2. The van der Waals surface area contributed by atoms with E-state index in [0.29, 0.717) is 40.0 Å². The largest absolute Gasteiger partial charge is 0.340 e. The predicted molar refractivity (Wildman–Crippen MR) is 129 cm³/mol. The Morgan fingerprint density at radius 3 is 2.50 bits per heavy atom. The molecule has 0 bridgehead atoms. The van der Waals surface area contributed by atoms with Gasteiger partial charge in [-0.25, -0.2) is 4.39 Å². The molecule has 6 nitrogen and oxygen atoms in total. The van der Waals surface area contributed by atoms with Crippen LogP contribution in [0.2, 0.25) is 10.0 Å². The first-order valence-corrected chi connectivity index (χ1v) is 11.5. The molecule has 2 atom stereocenters. The zero-order valence-electron chi connectivity index (χ0n) is 18.7. The lowest BCUT2D eigenvalue weighted by molar-refractivity contribution is -0.131. The average Bonchev–Trinajstić information content (AvgIpc) is 3.26. The SMILES string of the molecule is Cc1cc(C(=O)N2CC(c3ccc(Cl)c(Cl)c3)C(N(C)C(=O)Cc3ccc(F)cc3)C2)cnn1. The van der Waals surface area contributed by atoms with Crippen LogP contribution < -0.4 is 0 Å². The van der Waals surface area contributed by atoms with E-state index in [2.05, 4.69) is 10.2 Å². The van der Waals surface area contributed by atoms with Crippen LogP contribution in [0.15, 0.2) is 54.7 Å². The summed E-state index contributed by atoms with van der Waals surface area (Å²) in [6.07, 6.45) is 1.57. The standard InChI is InChI=1S/C25H23Cl2FN4O2/c1-15-9-18(12-29-30-15)25(34)32-13-20(17-5-8-21(26)22(27)11-17)23(14-32)31(2)24(33)10-16-3-6-19(28)7-4-16/h3-9,11-12,20,23H,10,13-14H2,1-2H3. The van der Waals surface area contributed by atoms with E-state index in [0.717, 1.165) is 5.56 Å². The van der Waals surface area contributed by atoms with Crippen LogP contribution in [0.4, 0.5) is 4.39 Å². The van der Waals surface area contributed by atoms with E-state index < -0.39 is 0 Å². The third-order valence-corrected chi connectivity index (χ3v) is 6.87. The van der Waals surface area contributed by atoms with Crippen molar-refractivity contribution < 1.29 is 14.0 Å². The highest BCUT2D eigenvalue weighted by Crippen LogP contribution is 2.35. The van der Waals surface area contributed by atoms with Crippen LogP contribution in [0.1, 0.15) is 33.1 Å². The van der Waals surface area contributed by atoms with Gasteiger partial charge in [0, 0.05) is 26.1 Å². The second kappa shape index (κ2) is 10.1. The normalized spacial score (nSPS) is 17.6. The highest BCUT2D eigenvalue weighted by atomic mass is 35.5. The molecule has 176 valence electrons. The number of aromatic nitrogens is 2. The molecule has 3 aromatic rings. The van der Waals surface area contributed by atoms with E-state index in [-0.39, 0.29) is 36.0 Å². The average molecular weight is 501 g/mol. The monoisotopic (exact) mass is 500 g/mol. The fraction of sp³-hybridized carbons (Fsp3) is 0.280. The van der Waals surface area contributed by atoms with E-state index >= 15 is 0 Å². The molecule has 1 aliphatic rings. The summed E-state index contributed by atoms with van der Waals surface area (Å²) in [6, 6.07) is 12.6. The number of nitrogens with zero attached hydrogens (tertiary/aromatic N) is 4. The highest BCUT2D eigenvalue weighted by molar-refractivity contribution is 6.42. The highest BCUT2D eigenvalue weighted by Gasteiger charge is 2.40. The molecule has 9 heteroatoms. The van der Waals surface area contributed by atoms with Crippen LogP contribution in [0.5, 0.6) is 0 Å². The number of halogens is 3. The number of hydrogen-bond donors (Lipinski definition) is 0. The summed E-state index contributed by atoms with van der Waals surface area (Å²) in [7, 11) is 1.73. The summed E-state index contributed by atoms with van der Waals surface area (Å²) in [5.74, 6) is -0.825. The number of hydrogen-bond acceptors (Lipinski definition) is 4. The van der Waals surface area contributed by atoms with Gasteiger partial charge in [-0.3, -0.25) is 9.59 Å². The van der Waals surface area contributed by atoms with Crippen molar-refractivity contribution in [2.45, 2.75) is 25.3 Å². The lowest BCUT2D eigenvalue weighted by atomic mass is 9.93. The molecule has 2 amide bonds. The number of likely N-dealkylation sites (N-methyl/N-ethyl adjacent to an activating group) is 1. The first-order chi connectivity index (χ1) is 16.2. The zero-order chi connectivity index (χ0) is 24.4. The summed E-state index contributed by atoms with van der Waals surface area (Å²) in [4.78, 5) is 29.8. The van der Waals surface area contributed by atoms with Crippen molar-refractivity contribution in [1.82, 2.24) is 20.0 Å². The van der Waals surface area contributed by atoms with Crippen molar-refractivity contribution in [1.29, 1.82) is 0 Å². The van der Waals surface area contributed by atoms with E-state index in [1.807, 2.05) is 6.07 Å². The van der Waals surface area contributed by atoms with Crippen LogP contribution in [-0.4, -0.2) is 58.0 Å². The van der Waals surface area contributed by atoms with Gasteiger partial charge in [-0.2, -0.15) is 10.2 Å². The lowest BCUT2D eigenvalue weighted by Gasteiger charge is -2.29. The Morgan fingerprint density at radius 2 is 1.82 bits per heavy atom. The molecule has 0 radical (unpaired) electrons. The molecule has 1 saturated heterocycles. The van der Waals surface area contributed by atoms with Crippen molar-refractivity contribution in [3.63, 3.8) is 0 Å². The quantitative estimate of drug-likeness (QED) is 0.515. The molecule has 2 aromatic carbocycles. The summed E-state index contributed by atoms with van der Waals surface area (Å²) in [6.45, 7) is 2.52. The Hall–Kier alpha value is -3.03. The Morgan fingerprint density at radius 1 is 1.09 bits per heavy atom. The van der Waals surface area contributed by atoms with Crippen LogP contribution in [0, 0.1) is 12.7 Å². The van der Waals surface area contributed by atoms with Gasteiger partial charge in [0.05, 0.1) is 40.0 Å². The molecule has 2 heterocycles. The summed E-state index contributed by atoms with van der Waals surface area (Å²) >= 11 is 12.4. The molecule has 0 aliphatic carbocycles. The minimum Gasteiger partial charge on any atom is -0.340 e. The molecular weight excluding hydrogens is 478 g/mol. The van der Waals surface area contributed by atoms with Crippen molar-refractivity contribution >= 4 is 35.0 Å². The van der Waals surface area contributed by atoms with Crippen molar-refractivity contribution in [2.75, 3.05) is 20.1 Å². The minimum atomic E-state index is -0.352. The van der Waals surface area contributed by atoms with E-state index in [9.17, 15) is 14.0 Å². The van der Waals surface area contributed by atoms with Gasteiger partial charge in [-0.05, 0) is 48.4 Å². The second-order valence-corrected chi connectivity index (χ2v) is 9.27. The van der Waals surface area contributed by atoms with Gasteiger partial charge in [-0.1, -0.05) is 41.4 Å². The smallest absolute Gasteiger partial charge is 0.255 e. The van der Waals surface area contributed by atoms with Gasteiger partial charge in [0.25, 0.3) is 5.91 Å². The Labute approximate surface area is 207 Å². The van der Waals surface area contributed by atoms with Crippen molar-refractivity contribution in [3.05, 3.63) is 93.0 Å². The topological polar surface area (TPSA) is 66.4 Å². The number of rotatable bonds is 5. The Balaban J connectivity index is 1.61. The van der Waals surface area contributed by atoms with Crippen LogP contribution in [0.3, 0.4) is 0 Å². The van der Waals surface area contributed by atoms with Crippen LogP contribution in [-0.2, 0) is 11.2 Å². The van der Waals surface area contributed by atoms with E-state index in [1.165, 1.54) is 18.3 Å². The van der Waals surface area contributed by atoms with Crippen LogP contribution in [0.25, 0.3) is 0 Å². The number of amides is 2. The fourth-order valence-electron chi connectivity index (χ4n) is 4.27. The van der Waals surface area contributed by atoms with Crippen LogP contribution >= 0.6 is 23.2 Å². The number of aryl methyl sites for hydroxylation is 1. The molecule has 4 rings (SSSR count). The van der Waals surface area contributed by atoms with Crippen molar-refractivity contribution in [2.24, 2.45) is 0 Å². The summed E-state index contributed by atoms with van der Waals surface area (Å²) in [5.41, 5.74) is 2.70. The molecule has 0 N–H and O–H groups in total. The lowest BCUT2D eigenvalue weighted by Crippen LogP contribution is -2.42. The maximum atomic E-state index is 13.3. The molecule has 1 aromatic heterocycles. The van der Waals surface area contributed by atoms with Gasteiger partial charge < -0.3 is 9.80 Å². The summed E-state index contributed by atoms with van der Waals surface area (Å²) < 4.78 is 13.3. The first kappa shape index (κ1) is 24.1. The number of carbonyl (C=O) groups is 2. The third-order valence-electron chi connectivity index (χ3n) is 6.13. The van der Waals surface area contributed by atoms with Gasteiger partial charge in [0.15, 0.2) is 0 Å². The minimum absolute atomic E-state index is 0.127. The fourth-order valence-corrected chi connectivity index (χ4v) is 4.58. The number of benzene rings is 2. The Kier molecular flexibility index (Phi) is 7.14. The molecule has 1 fully saturated rings. The second-order valence-electron chi connectivity index (χ2n) is 8.45. The third kappa shape index (κ3) is 5.21. The van der Waals surface area contributed by atoms with Crippen molar-refractivity contribution in [3.8, 4) is 0 Å². The van der Waals surface area contributed by atoms with Gasteiger partial charge in [0.1, 0.15) is 5.82 Å². The maximum absolute atomic E-state index is 13.3. The van der Waals surface area contributed by atoms with E-state index in [1.54, 1.807) is 54.1 Å². The van der Waals surface area contributed by atoms with Gasteiger partial charge in [-0.15, -0.1) is 0 Å². The predicted octanol–water partition coefficient (Wildman–Crippen LogP) is 4.54. The van der Waals surface area contributed by atoms with E-state index in [4.69, 9.17) is 23.2 Å². The molecular formula is C25H23Cl2FN4O2. The molecule has 1 aliphatic heterocycles. The molecule has 34 heavy (non-hydrogen) atoms. The van der Waals surface area contributed by atoms with Gasteiger partial charge in [0.2, 0.25) is 5.91 Å². The molecule has 2 unspecified atom stereocenters. The molecule has 0 saturated carbocycles. The zero-order valence-corrected chi connectivity index (χ0v) is 20.2. The maximum Gasteiger partial charge on any atom is 0.255 e. The Bertz CT molecular complexity index is 1220.